The van der Waals surface area contributed by atoms with Crippen molar-refractivity contribution in [2.75, 3.05) is 25.5 Å². The normalized spacial score (nSPS) is 18.8. The second-order valence-corrected chi connectivity index (χ2v) is 7.01. The molecular formula is C14H19NO5S. The Balaban J connectivity index is 1.83. The van der Waals surface area contributed by atoms with E-state index in [1.54, 1.807) is 18.2 Å². The van der Waals surface area contributed by atoms with Crippen LogP contribution in [0.2, 0.25) is 0 Å². The number of aromatic carboxylic acids is 1. The zero-order valence-corrected chi connectivity index (χ0v) is 12.4. The predicted molar refractivity (Wildman–Crippen MR) is 77.8 cm³/mol. The van der Waals surface area contributed by atoms with Crippen molar-refractivity contribution >= 4 is 16.0 Å². The van der Waals surface area contributed by atoms with Gasteiger partial charge in [0.25, 0.3) is 0 Å². The molecule has 2 N–H and O–H groups in total. The average Bonchev–Trinajstić information content (AvgIpc) is 2.91. The number of sulfonamides is 1. The lowest BCUT2D eigenvalue weighted by Gasteiger charge is -2.10. The molecule has 1 atom stereocenters. The lowest BCUT2D eigenvalue weighted by atomic mass is 10.1. The fourth-order valence-corrected chi connectivity index (χ4v) is 3.71. The quantitative estimate of drug-likeness (QED) is 0.779. The summed E-state index contributed by atoms with van der Waals surface area (Å²) in [6.07, 6.45) is 1.24. The predicted octanol–water partition coefficient (Wildman–Crippen LogP) is 0.883. The van der Waals surface area contributed by atoms with Crippen molar-refractivity contribution in [3.05, 3.63) is 35.4 Å². The van der Waals surface area contributed by atoms with E-state index in [1.165, 1.54) is 6.07 Å². The first-order valence-electron chi connectivity index (χ1n) is 6.83. The third kappa shape index (κ3) is 5.11. The van der Waals surface area contributed by atoms with E-state index in [2.05, 4.69) is 4.72 Å². The van der Waals surface area contributed by atoms with Gasteiger partial charge in [-0.3, -0.25) is 0 Å². The van der Waals surface area contributed by atoms with Gasteiger partial charge in [-0.05, 0) is 36.5 Å². The SMILES string of the molecule is O=C(O)c1cccc(CCNS(=O)(=O)CC2CCOC2)c1. The topological polar surface area (TPSA) is 92.7 Å². The number of hydrogen-bond acceptors (Lipinski definition) is 4. The standard InChI is InChI=1S/C14H19NO5S/c16-14(17)13-3-1-2-11(8-13)4-6-15-21(18,19)10-12-5-7-20-9-12/h1-3,8,12,15H,4-7,9-10H2,(H,16,17). The third-order valence-corrected chi connectivity index (χ3v) is 4.94. The first-order valence-corrected chi connectivity index (χ1v) is 8.49. The average molecular weight is 313 g/mol. The Morgan fingerprint density at radius 2 is 2.24 bits per heavy atom. The van der Waals surface area contributed by atoms with Crippen molar-refractivity contribution in [2.24, 2.45) is 5.92 Å². The van der Waals surface area contributed by atoms with Crippen LogP contribution in [0.25, 0.3) is 0 Å². The number of nitrogens with one attached hydrogen (secondary N) is 1. The molecule has 116 valence electrons. The minimum Gasteiger partial charge on any atom is -0.478 e. The zero-order valence-electron chi connectivity index (χ0n) is 11.6. The molecule has 2 rings (SSSR count). The molecule has 1 aromatic rings. The molecule has 0 bridgehead atoms. The number of ether oxygens (including phenoxy) is 1. The molecule has 7 heteroatoms. The summed E-state index contributed by atoms with van der Waals surface area (Å²) in [5, 5.41) is 8.90. The Morgan fingerprint density at radius 1 is 1.43 bits per heavy atom. The first kappa shape index (κ1) is 15.9. The molecule has 6 nitrogen and oxygen atoms in total. The zero-order chi connectivity index (χ0) is 15.3. The van der Waals surface area contributed by atoms with E-state index in [-0.39, 0.29) is 23.8 Å². The molecule has 1 aliphatic rings. The van der Waals surface area contributed by atoms with Gasteiger partial charge >= 0.3 is 5.97 Å². The van der Waals surface area contributed by atoms with E-state index >= 15 is 0 Å². The molecule has 1 unspecified atom stereocenters. The number of rotatable bonds is 7. The van der Waals surface area contributed by atoms with Gasteiger partial charge in [0.1, 0.15) is 0 Å². The molecule has 0 aliphatic carbocycles. The summed E-state index contributed by atoms with van der Waals surface area (Å²) in [7, 11) is -3.31. The summed E-state index contributed by atoms with van der Waals surface area (Å²) >= 11 is 0. The lowest BCUT2D eigenvalue weighted by Crippen LogP contribution is -2.31. The molecule has 0 spiro atoms. The summed E-state index contributed by atoms with van der Waals surface area (Å²) in [6, 6.07) is 6.51. The van der Waals surface area contributed by atoms with Gasteiger partial charge in [-0.1, -0.05) is 12.1 Å². The molecule has 0 radical (unpaired) electrons. The summed E-state index contributed by atoms with van der Waals surface area (Å²) in [5.74, 6) is -0.834. The van der Waals surface area contributed by atoms with Gasteiger partial charge in [0.15, 0.2) is 0 Å². The number of carbonyl (C=O) groups is 1. The molecule has 21 heavy (non-hydrogen) atoms. The molecule has 0 amide bonds. The van der Waals surface area contributed by atoms with Gasteiger partial charge in [0.05, 0.1) is 17.9 Å². The number of hydrogen-bond donors (Lipinski definition) is 2. The monoisotopic (exact) mass is 313 g/mol. The van der Waals surface area contributed by atoms with E-state index < -0.39 is 16.0 Å². The third-order valence-electron chi connectivity index (χ3n) is 3.39. The van der Waals surface area contributed by atoms with Crippen LogP contribution >= 0.6 is 0 Å². The van der Waals surface area contributed by atoms with E-state index in [1.807, 2.05) is 0 Å². The van der Waals surface area contributed by atoms with Crippen LogP contribution in [0, 0.1) is 5.92 Å². The Labute approximate surface area is 124 Å². The van der Waals surface area contributed by atoms with Crippen LogP contribution in [-0.2, 0) is 21.2 Å². The van der Waals surface area contributed by atoms with Crippen molar-refractivity contribution in [1.29, 1.82) is 0 Å². The van der Waals surface area contributed by atoms with Crippen LogP contribution in [0.1, 0.15) is 22.3 Å². The summed E-state index contributed by atoms with van der Waals surface area (Å²) < 4.78 is 31.5. The molecule has 1 aliphatic heterocycles. The minimum absolute atomic E-state index is 0.0674. The number of carboxylic acid groups (broad SMARTS) is 1. The van der Waals surface area contributed by atoms with E-state index in [9.17, 15) is 13.2 Å². The lowest BCUT2D eigenvalue weighted by molar-refractivity contribution is 0.0696. The molecule has 1 saturated heterocycles. The maximum atomic E-state index is 11.9. The highest BCUT2D eigenvalue weighted by molar-refractivity contribution is 7.89. The van der Waals surface area contributed by atoms with Crippen molar-refractivity contribution in [2.45, 2.75) is 12.8 Å². The smallest absolute Gasteiger partial charge is 0.335 e. The summed E-state index contributed by atoms with van der Waals surface area (Å²) in [4.78, 5) is 10.9. The Bertz CT molecular complexity index is 593. The minimum atomic E-state index is -3.31. The van der Waals surface area contributed by atoms with Gasteiger partial charge < -0.3 is 9.84 Å². The molecular weight excluding hydrogens is 294 g/mol. The Morgan fingerprint density at radius 3 is 2.90 bits per heavy atom. The molecule has 1 aromatic carbocycles. The summed E-state index contributed by atoms with van der Waals surface area (Å²) in [5.41, 5.74) is 1.00. The van der Waals surface area contributed by atoms with E-state index in [0.717, 1.165) is 12.0 Å². The van der Waals surface area contributed by atoms with E-state index in [0.29, 0.717) is 19.6 Å². The van der Waals surface area contributed by atoms with E-state index in [4.69, 9.17) is 9.84 Å². The van der Waals surface area contributed by atoms with Crippen molar-refractivity contribution in [3.63, 3.8) is 0 Å². The molecule has 1 heterocycles. The van der Waals surface area contributed by atoms with Crippen LogP contribution in [0.15, 0.2) is 24.3 Å². The van der Waals surface area contributed by atoms with Crippen molar-refractivity contribution in [3.8, 4) is 0 Å². The Kier molecular flexibility index (Phi) is 5.33. The van der Waals surface area contributed by atoms with Gasteiger partial charge in [0.2, 0.25) is 10.0 Å². The van der Waals surface area contributed by atoms with Crippen LogP contribution in [-0.4, -0.2) is 45.0 Å². The molecule has 1 fully saturated rings. The fourth-order valence-electron chi connectivity index (χ4n) is 2.29. The van der Waals surface area contributed by atoms with Crippen LogP contribution in [0.3, 0.4) is 0 Å². The fraction of sp³-hybridized carbons (Fsp3) is 0.500. The first-order chi connectivity index (χ1) is 9.96. The Hall–Kier alpha value is -1.44. The van der Waals surface area contributed by atoms with Gasteiger partial charge in [-0.15, -0.1) is 0 Å². The van der Waals surface area contributed by atoms with Gasteiger partial charge in [0, 0.05) is 13.2 Å². The second-order valence-electron chi connectivity index (χ2n) is 5.16. The van der Waals surface area contributed by atoms with Gasteiger partial charge in [-0.2, -0.15) is 0 Å². The highest BCUT2D eigenvalue weighted by Crippen LogP contribution is 2.14. The highest BCUT2D eigenvalue weighted by Gasteiger charge is 2.22. The van der Waals surface area contributed by atoms with Crippen LogP contribution in [0.4, 0.5) is 0 Å². The highest BCUT2D eigenvalue weighted by atomic mass is 32.2. The molecule has 0 saturated carbocycles. The summed E-state index contributed by atoms with van der Waals surface area (Å²) in [6.45, 7) is 1.39. The van der Waals surface area contributed by atoms with Crippen molar-refractivity contribution < 1.29 is 23.1 Å². The van der Waals surface area contributed by atoms with Crippen molar-refractivity contribution in [1.82, 2.24) is 4.72 Å². The van der Waals surface area contributed by atoms with Crippen LogP contribution in [0.5, 0.6) is 0 Å². The largest absolute Gasteiger partial charge is 0.478 e. The van der Waals surface area contributed by atoms with Gasteiger partial charge in [-0.25, -0.2) is 17.9 Å². The maximum absolute atomic E-state index is 11.9. The number of carboxylic acids is 1. The molecule has 0 aromatic heterocycles. The van der Waals surface area contributed by atoms with Crippen LogP contribution < -0.4 is 4.72 Å². The maximum Gasteiger partial charge on any atom is 0.335 e. The second kappa shape index (κ2) is 7.02. The number of benzene rings is 1.